The Kier molecular flexibility index (Phi) is 7.97. The van der Waals surface area contributed by atoms with Crippen LogP contribution in [0.15, 0.2) is 53.0 Å². The van der Waals surface area contributed by atoms with Gasteiger partial charge in [0.2, 0.25) is 0 Å². The van der Waals surface area contributed by atoms with Crippen molar-refractivity contribution in [2.75, 3.05) is 39.8 Å². The van der Waals surface area contributed by atoms with Crippen molar-refractivity contribution < 1.29 is 5.11 Å². The standard InChI is InChI=1S/C27H40N2OS/c1-22(23-9-5-3-6-10-23)31-25-13-11-24(12-14-25)26(27(30)15-7-4-8-16-27)21-29-19-17-28(2)18-20-29/h5,9-14,22,26,30H,3-4,6-8,15-21H2,1-2H3/t22-,26?/m0/s1. The number of hydrogen-bond acceptors (Lipinski definition) is 4. The molecule has 170 valence electrons. The van der Waals surface area contributed by atoms with Gasteiger partial charge in [-0.1, -0.05) is 49.6 Å². The molecule has 3 aliphatic rings. The van der Waals surface area contributed by atoms with E-state index in [9.17, 15) is 5.11 Å². The minimum atomic E-state index is -0.554. The highest BCUT2D eigenvalue weighted by Gasteiger charge is 2.39. The van der Waals surface area contributed by atoms with Crippen LogP contribution in [0.5, 0.6) is 0 Å². The average molecular weight is 441 g/mol. The number of piperazine rings is 1. The highest BCUT2D eigenvalue weighted by molar-refractivity contribution is 8.00. The fraction of sp³-hybridized carbons (Fsp3) is 0.630. The van der Waals surface area contributed by atoms with Gasteiger partial charge in [-0.15, -0.1) is 11.8 Å². The van der Waals surface area contributed by atoms with Crippen LogP contribution >= 0.6 is 11.8 Å². The molecule has 2 fully saturated rings. The first-order valence-corrected chi connectivity index (χ1v) is 13.2. The van der Waals surface area contributed by atoms with E-state index in [0.717, 1.165) is 58.4 Å². The van der Waals surface area contributed by atoms with Gasteiger partial charge < -0.3 is 14.9 Å². The Balaban J connectivity index is 1.47. The van der Waals surface area contributed by atoms with Crippen LogP contribution in [-0.4, -0.2) is 65.5 Å². The number of likely N-dealkylation sites (N-methyl/N-ethyl adjacent to an activating group) is 1. The summed E-state index contributed by atoms with van der Waals surface area (Å²) in [5, 5.41) is 12.2. The van der Waals surface area contributed by atoms with E-state index in [0.29, 0.717) is 5.25 Å². The van der Waals surface area contributed by atoms with Crippen LogP contribution in [0.3, 0.4) is 0 Å². The van der Waals surface area contributed by atoms with Gasteiger partial charge in [-0.25, -0.2) is 0 Å². The molecule has 1 unspecified atom stereocenters. The number of allylic oxidation sites excluding steroid dienone is 3. The van der Waals surface area contributed by atoms with Crippen molar-refractivity contribution in [3.8, 4) is 0 Å². The molecule has 4 rings (SSSR count). The van der Waals surface area contributed by atoms with E-state index in [1.165, 1.54) is 35.3 Å². The van der Waals surface area contributed by atoms with E-state index >= 15 is 0 Å². The molecule has 3 nitrogen and oxygen atoms in total. The van der Waals surface area contributed by atoms with Crippen molar-refractivity contribution >= 4 is 11.8 Å². The Labute approximate surface area is 193 Å². The molecule has 1 N–H and O–H groups in total. The number of thioether (sulfide) groups is 1. The minimum absolute atomic E-state index is 0.205. The van der Waals surface area contributed by atoms with Crippen molar-refractivity contribution in [2.45, 2.75) is 73.5 Å². The summed E-state index contributed by atoms with van der Waals surface area (Å²) in [6, 6.07) is 9.17. The predicted octanol–water partition coefficient (Wildman–Crippen LogP) is 5.47. The molecule has 2 atom stereocenters. The third-order valence-electron chi connectivity index (χ3n) is 7.49. The van der Waals surface area contributed by atoms with Gasteiger partial charge in [-0.2, -0.15) is 0 Å². The van der Waals surface area contributed by atoms with E-state index in [4.69, 9.17) is 0 Å². The third-order valence-corrected chi connectivity index (χ3v) is 8.66. The molecule has 4 heteroatoms. The largest absolute Gasteiger partial charge is 0.389 e. The SMILES string of the molecule is C[C@H](Sc1ccc(C(CN2CCN(C)CC2)C2(O)CCCCC2)cc1)C1=CCCC=C1. The summed E-state index contributed by atoms with van der Waals surface area (Å²) in [4.78, 5) is 6.31. The smallest absolute Gasteiger partial charge is 0.0728 e. The van der Waals surface area contributed by atoms with Gasteiger partial charge >= 0.3 is 0 Å². The zero-order valence-corrected chi connectivity index (χ0v) is 20.2. The molecule has 1 aromatic carbocycles. The molecule has 0 amide bonds. The Morgan fingerprint density at radius 1 is 1.00 bits per heavy atom. The molecular formula is C27H40N2OS. The molecule has 1 saturated heterocycles. The van der Waals surface area contributed by atoms with Crippen LogP contribution in [0.1, 0.15) is 63.4 Å². The lowest BCUT2D eigenvalue weighted by atomic mass is 9.72. The Morgan fingerprint density at radius 2 is 1.71 bits per heavy atom. The molecule has 2 aliphatic carbocycles. The highest BCUT2D eigenvalue weighted by Crippen LogP contribution is 2.41. The lowest BCUT2D eigenvalue weighted by molar-refractivity contribution is -0.0337. The van der Waals surface area contributed by atoms with Gasteiger partial charge in [0.15, 0.2) is 0 Å². The first-order valence-electron chi connectivity index (χ1n) is 12.3. The normalized spacial score (nSPS) is 24.5. The Bertz CT molecular complexity index is 758. The summed E-state index contributed by atoms with van der Waals surface area (Å²) in [6.45, 7) is 7.76. The molecule has 1 aromatic rings. The van der Waals surface area contributed by atoms with Crippen molar-refractivity contribution in [1.82, 2.24) is 9.80 Å². The van der Waals surface area contributed by atoms with E-state index in [1.807, 2.05) is 11.8 Å². The second-order valence-corrected chi connectivity index (χ2v) is 11.2. The monoisotopic (exact) mass is 440 g/mol. The van der Waals surface area contributed by atoms with Gasteiger partial charge in [-0.05, 0) is 62.9 Å². The summed E-state index contributed by atoms with van der Waals surface area (Å²) in [6.07, 6.45) is 14.8. The van der Waals surface area contributed by atoms with Crippen molar-refractivity contribution in [3.63, 3.8) is 0 Å². The second kappa shape index (κ2) is 10.7. The zero-order chi connectivity index (χ0) is 21.7. The Hall–Kier alpha value is -1.07. The van der Waals surface area contributed by atoms with Crippen LogP contribution in [0, 0.1) is 0 Å². The van der Waals surface area contributed by atoms with Crippen LogP contribution in [0.2, 0.25) is 0 Å². The lowest BCUT2D eigenvalue weighted by Crippen LogP contribution is -2.50. The number of hydrogen-bond donors (Lipinski definition) is 1. The zero-order valence-electron chi connectivity index (χ0n) is 19.4. The molecule has 0 spiro atoms. The number of benzene rings is 1. The third kappa shape index (κ3) is 6.04. The summed E-state index contributed by atoms with van der Waals surface area (Å²) in [5.74, 6) is 0.205. The number of aliphatic hydroxyl groups is 1. The maximum atomic E-state index is 11.7. The van der Waals surface area contributed by atoms with E-state index in [2.05, 4.69) is 66.3 Å². The quantitative estimate of drug-likeness (QED) is 0.569. The van der Waals surface area contributed by atoms with E-state index in [-0.39, 0.29) is 5.92 Å². The van der Waals surface area contributed by atoms with Crippen molar-refractivity contribution in [1.29, 1.82) is 0 Å². The van der Waals surface area contributed by atoms with Crippen LogP contribution in [-0.2, 0) is 0 Å². The lowest BCUT2D eigenvalue weighted by Gasteiger charge is -2.43. The first-order chi connectivity index (χ1) is 15.0. The number of nitrogens with zero attached hydrogens (tertiary/aromatic N) is 2. The average Bonchev–Trinajstić information content (AvgIpc) is 2.80. The van der Waals surface area contributed by atoms with Gasteiger partial charge in [0.05, 0.1) is 5.60 Å². The molecule has 0 radical (unpaired) electrons. The molecule has 1 heterocycles. The van der Waals surface area contributed by atoms with Gasteiger partial charge in [-0.3, -0.25) is 0 Å². The van der Waals surface area contributed by atoms with E-state index in [1.54, 1.807) is 0 Å². The minimum Gasteiger partial charge on any atom is -0.389 e. The second-order valence-electron chi connectivity index (χ2n) is 9.83. The summed E-state index contributed by atoms with van der Waals surface area (Å²) in [5.41, 5.74) is 2.21. The summed E-state index contributed by atoms with van der Waals surface area (Å²) < 4.78 is 0. The topological polar surface area (TPSA) is 26.7 Å². The van der Waals surface area contributed by atoms with Gasteiger partial charge in [0, 0.05) is 48.8 Å². The van der Waals surface area contributed by atoms with Gasteiger partial charge in [0.25, 0.3) is 0 Å². The van der Waals surface area contributed by atoms with Crippen LogP contribution < -0.4 is 0 Å². The van der Waals surface area contributed by atoms with Crippen LogP contribution in [0.25, 0.3) is 0 Å². The Morgan fingerprint density at radius 3 is 2.35 bits per heavy atom. The first kappa shape index (κ1) is 23.1. The molecule has 1 aliphatic heterocycles. The fourth-order valence-corrected chi connectivity index (χ4v) is 6.39. The molecular weight excluding hydrogens is 400 g/mol. The van der Waals surface area contributed by atoms with Gasteiger partial charge in [0.1, 0.15) is 0 Å². The molecule has 31 heavy (non-hydrogen) atoms. The van der Waals surface area contributed by atoms with Crippen LogP contribution in [0.4, 0.5) is 0 Å². The highest BCUT2D eigenvalue weighted by atomic mass is 32.2. The molecule has 0 bridgehead atoms. The predicted molar refractivity (Wildman–Crippen MR) is 133 cm³/mol. The fourth-order valence-electron chi connectivity index (χ4n) is 5.37. The maximum absolute atomic E-state index is 11.7. The molecule has 0 aromatic heterocycles. The van der Waals surface area contributed by atoms with Crippen molar-refractivity contribution in [3.05, 3.63) is 53.6 Å². The molecule has 1 saturated carbocycles. The van der Waals surface area contributed by atoms with E-state index < -0.39 is 5.60 Å². The summed E-state index contributed by atoms with van der Waals surface area (Å²) in [7, 11) is 2.21. The number of rotatable bonds is 7. The maximum Gasteiger partial charge on any atom is 0.0728 e. The van der Waals surface area contributed by atoms with Crippen molar-refractivity contribution in [2.24, 2.45) is 0 Å². The summed E-state index contributed by atoms with van der Waals surface area (Å²) >= 11 is 1.94.